The van der Waals surface area contributed by atoms with Gasteiger partial charge in [0.2, 0.25) is 0 Å². The van der Waals surface area contributed by atoms with Crippen molar-refractivity contribution in [1.82, 2.24) is 9.88 Å². The lowest BCUT2D eigenvalue weighted by atomic mass is 10.2. The van der Waals surface area contributed by atoms with Crippen LogP contribution in [0.2, 0.25) is 0 Å². The molecule has 1 aromatic rings. The predicted octanol–water partition coefficient (Wildman–Crippen LogP) is 2.34. The van der Waals surface area contributed by atoms with Gasteiger partial charge in [-0.05, 0) is 26.8 Å². The second-order valence-electron chi connectivity index (χ2n) is 5.94. The van der Waals surface area contributed by atoms with Crippen LogP contribution in [0.25, 0.3) is 0 Å². The van der Waals surface area contributed by atoms with Crippen molar-refractivity contribution in [2.75, 3.05) is 13.1 Å². The van der Waals surface area contributed by atoms with E-state index in [-0.39, 0.29) is 12.2 Å². The van der Waals surface area contributed by atoms with Crippen LogP contribution >= 0.6 is 0 Å². The summed E-state index contributed by atoms with van der Waals surface area (Å²) < 4.78 is 11.1. The first kappa shape index (κ1) is 15.1. The van der Waals surface area contributed by atoms with Crippen LogP contribution in [0.4, 0.5) is 4.79 Å². The van der Waals surface area contributed by atoms with Gasteiger partial charge in [0.05, 0.1) is 6.54 Å². The lowest BCUT2D eigenvalue weighted by Crippen LogP contribution is -2.36. The van der Waals surface area contributed by atoms with Gasteiger partial charge in [-0.1, -0.05) is 0 Å². The molecule has 21 heavy (non-hydrogen) atoms. The molecule has 1 atom stereocenters. The summed E-state index contributed by atoms with van der Waals surface area (Å²) in [6, 6.07) is 5.27. The lowest BCUT2D eigenvalue weighted by molar-refractivity contribution is 0.0275. The van der Waals surface area contributed by atoms with Gasteiger partial charge in [-0.2, -0.15) is 5.26 Å². The predicted molar refractivity (Wildman–Crippen MR) is 75.8 cm³/mol. The molecule has 0 aromatic carbocycles. The van der Waals surface area contributed by atoms with Gasteiger partial charge in [-0.25, -0.2) is 9.78 Å². The highest BCUT2D eigenvalue weighted by molar-refractivity contribution is 5.68. The zero-order valence-corrected chi connectivity index (χ0v) is 12.5. The summed E-state index contributed by atoms with van der Waals surface area (Å²) in [5.41, 5.74) is -0.183. The van der Waals surface area contributed by atoms with Crippen molar-refractivity contribution in [2.24, 2.45) is 0 Å². The first-order chi connectivity index (χ1) is 9.87. The minimum Gasteiger partial charge on any atom is -0.488 e. The fourth-order valence-electron chi connectivity index (χ4n) is 2.05. The van der Waals surface area contributed by atoms with Gasteiger partial charge in [0.25, 0.3) is 0 Å². The van der Waals surface area contributed by atoms with Crippen LogP contribution in [-0.2, 0) is 4.74 Å². The molecule has 0 aliphatic carbocycles. The Morgan fingerprint density at radius 1 is 1.52 bits per heavy atom. The van der Waals surface area contributed by atoms with Crippen LogP contribution in [0.3, 0.4) is 0 Å². The molecule has 1 saturated heterocycles. The molecule has 0 radical (unpaired) electrons. The molecule has 0 saturated carbocycles. The van der Waals surface area contributed by atoms with Gasteiger partial charge in [0, 0.05) is 25.2 Å². The number of nitrogens with zero attached hydrogens (tertiary/aromatic N) is 3. The summed E-state index contributed by atoms with van der Waals surface area (Å²) in [6.07, 6.45) is 1.87. The SMILES string of the molecule is CC(C)(C)OC(=O)N1CCC(Oc2ccnc(C#N)c2)C1. The number of hydrogen-bond donors (Lipinski definition) is 0. The summed E-state index contributed by atoms with van der Waals surface area (Å²) in [5.74, 6) is 0.595. The molecule has 1 unspecified atom stereocenters. The number of carbonyl (C=O) groups is 1. The molecule has 0 N–H and O–H groups in total. The minimum atomic E-state index is -0.497. The van der Waals surface area contributed by atoms with Crippen molar-refractivity contribution >= 4 is 6.09 Å². The molecule has 1 aliphatic heterocycles. The number of carbonyl (C=O) groups excluding carboxylic acids is 1. The standard InChI is InChI=1S/C15H19N3O3/c1-15(2,3)21-14(19)18-7-5-13(10-18)20-12-4-6-17-11(8-12)9-16/h4,6,8,13H,5,7,10H2,1-3H3. The van der Waals surface area contributed by atoms with Gasteiger partial charge < -0.3 is 14.4 Å². The third-order valence-electron chi connectivity index (χ3n) is 2.95. The topological polar surface area (TPSA) is 75.4 Å². The van der Waals surface area contributed by atoms with E-state index >= 15 is 0 Å². The molecule has 6 heteroatoms. The maximum Gasteiger partial charge on any atom is 0.410 e. The highest BCUT2D eigenvalue weighted by Crippen LogP contribution is 2.20. The van der Waals surface area contributed by atoms with Crippen LogP contribution in [-0.4, -0.2) is 40.8 Å². The normalized spacial score (nSPS) is 18.2. The average molecular weight is 289 g/mol. The second kappa shape index (κ2) is 6.00. The van der Waals surface area contributed by atoms with E-state index in [1.165, 1.54) is 6.20 Å². The van der Waals surface area contributed by atoms with Gasteiger partial charge >= 0.3 is 6.09 Å². The molecule has 1 amide bonds. The van der Waals surface area contributed by atoms with E-state index < -0.39 is 5.60 Å². The first-order valence-corrected chi connectivity index (χ1v) is 6.88. The molecule has 0 bridgehead atoms. The first-order valence-electron chi connectivity index (χ1n) is 6.88. The summed E-state index contributed by atoms with van der Waals surface area (Å²) in [5, 5.41) is 8.81. The van der Waals surface area contributed by atoms with Gasteiger partial charge in [0.1, 0.15) is 29.2 Å². The Balaban J connectivity index is 1.91. The summed E-state index contributed by atoms with van der Waals surface area (Å²) in [7, 11) is 0. The van der Waals surface area contributed by atoms with E-state index in [2.05, 4.69) is 4.98 Å². The van der Waals surface area contributed by atoms with Crippen LogP contribution in [0.15, 0.2) is 18.3 Å². The van der Waals surface area contributed by atoms with Crippen molar-refractivity contribution in [3.8, 4) is 11.8 Å². The fraction of sp³-hybridized carbons (Fsp3) is 0.533. The maximum absolute atomic E-state index is 12.0. The Morgan fingerprint density at radius 2 is 2.29 bits per heavy atom. The van der Waals surface area contributed by atoms with Gasteiger partial charge in [-0.15, -0.1) is 0 Å². The molecule has 1 aromatic heterocycles. The van der Waals surface area contributed by atoms with Crippen molar-refractivity contribution in [3.63, 3.8) is 0 Å². The Morgan fingerprint density at radius 3 is 2.95 bits per heavy atom. The Bertz CT molecular complexity index is 560. The number of nitriles is 1. The van der Waals surface area contributed by atoms with Crippen LogP contribution in [0.1, 0.15) is 32.9 Å². The summed E-state index contributed by atoms with van der Waals surface area (Å²) in [6.45, 7) is 6.62. The molecule has 0 spiro atoms. The number of hydrogen-bond acceptors (Lipinski definition) is 5. The number of aromatic nitrogens is 1. The molecule has 1 fully saturated rings. The fourth-order valence-corrected chi connectivity index (χ4v) is 2.05. The monoisotopic (exact) mass is 289 g/mol. The second-order valence-corrected chi connectivity index (χ2v) is 5.94. The summed E-state index contributed by atoms with van der Waals surface area (Å²) in [4.78, 5) is 17.5. The number of ether oxygens (including phenoxy) is 2. The Kier molecular flexibility index (Phi) is 4.32. The molecule has 112 valence electrons. The van der Waals surface area contributed by atoms with Gasteiger partial charge in [0.15, 0.2) is 0 Å². The van der Waals surface area contributed by atoms with Gasteiger partial charge in [-0.3, -0.25) is 0 Å². The molecular formula is C15H19N3O3. The molecule has 6 nitrogen and oxygen atoms in total. The van der Waals surface area contributed by atoms with E-state index in [4.69, 9.17) is 14.7 Å². The van der Waals surface area contributed by atoms with E-state index in [1.54, 1.807) is 17.0 Å². The summed E-state index contributed by atoms with van der Waals surface area (Å²) >= 11 is 0. The van der Waals surface area contributed by atoms with Crippen molar-refractivity contribution in [1.29, 1.82) is 5.26 Å². The molecule has 1 aliphatic rings. The highest BCUT2D eigenvalue weighted by Gasteiger charge is 2.30. The van der Waals surface area contributed by atoms with E-state index in [0.717, 1.165) is 6.42 Å². The highest BCUT2D eigenvalue weighted by atomic mass is 16.6. The smallest absolute Gasteiger partial charge is 0.410 e. The number of amides is 1. The van der Waals surface area contributed by atoms with Crippen LogP contribution in [0.5, 0.6) is 5.75 Å². The van der Waals surface area contributed by atoms with E-state index in [9.17, 15) is 4.79 Å². The van der Waals surface area contributed by atoms with Crippen LogP contribution < -0.4 is 4.74 Å². The van der Waals surface area contributed by atoms with Crippen LogP contribution in [0, 0.1) is 11.3 Å². The third kappa shape index (κ3) is 4.35. The number of rotatable bonds is 2. The van der Waals surface area contributed by atoms with E-state index in [0.29, 0.717) is 24.5 Å². The third-order valence-corrected chi connectivity index (χ3v) is 2.95. The van der Waals surface area contributed by atoms with E-state index in [1.807, 2.05) is 26.8 Å². The van der Waals surface area contributed by atoms with Crippen molar-refractivity contribution < 1.29 is 14.3 Å². The molecule has 2 rings (SSSR count). The largest absolute Gasteiger partial charge is 0.488 e. The lowest BCUT2D eigenvalue weighted by Gasteiger charge is -2.24. The maximum atomic E-state index is 12.0. The average Bonchev–Trinajstić information content (AvgIpc) is 2.85. The van der Waals surface area contributed by atoms with Crippen molar-refractivity contribution in [3.05, 3.63) is 24.0 Å². The number of pyridine rings is 1. The Labute approximate surface area is 124 Å². The quantitative estimate of drug-likeness (QED) is 0.835. The van der Waals surface area contributed by atoms with Crippen molar-refractivity contribution in [2.45, 2.75) is 38.9 Å². The number of likely N-dealkylation sites (tertiary alicyclic amines) is 1. The zero-order chi connectivity index (χ0) is 15.5. The minimum absolute atomic E-state index is 0.0912. The molecular weight excluding hydrogens is 270 g/mol. The zero-order valence-electron chi connectivity index (χ0n) is 12.5. The molecule has 2 heterocycles. The Hall–Kier alpha value is -2.29.